The summed E-state index contributed by atoms with van der Waals surface area (Å²) in [6, 6.07) is 4.52. The Morgan fingerprint density at radius 1 is 1.20 bits per heavy atom. The first-order valence-electron chi connectivity index (χ1n) is 7.04. The van der Waals surface area contributed by atoms with Crippen LogP contribution in [0.5, 0.6) is 0 Å². The molecule has 0 saturated carbocycles. The summed E-state index contributed by atoms with van der Waals surface area (Å²) < 4.78 is 13.2. The van der Waals surface area contributed by atoms with Crippen LogP contribution in [0.15, 0.2) is 18.2 Å². The smallest absolute Gasteiger partial charge is 0.123 e. The molecular formula is C15H24FN3O. The Hall–Kier alpha value is -1.17. The molecule has 1 aromatic rings. The molecule has 112 valence electrons. The van der Waals surface area contributed by atoms with Gasteiger partial charge in [0.15, 0.2) is 0 Å². The molecule has 1 heterocycles. The Bertz CT molecular complexity index is 451. The lowest BCUT2D eigenvalue weighted by Gasteiger charge is -2.37. The van der Waals surface area contributed by atoms with Crippen LogP contribution in [0.2, 0.25) is 0 Å². The van der Waals surface area contributed by atoms with Crippen LogP contribution in [0.4, 0.5) is 10.1 Å². The van der Waals surface area contributed by atoms with Crippen molar-refractivity contribution in [3.8, 4) is 0 Å². The molecule has 1 fully saturated rings. The van der Waals surface area contributed by atoms with E-state index in [0.717, 1.165) is 31.7 Å². The Kier molecular flexibility index (Phi) is 4.62. The summed E-state index contributed by atoms with van der Waals surface area (Å²) in [6.45, 7) is 8.67. The normalized spacial score (nSPS) is 18.4. The molecule has 3 N–H and O–H groups in total. The van der Waals surface area contributed by atoms with E-state index in [1.165, 1.54) is 12.1 Å². The molecule has 0 unspecified atom stereocenters. The van der Waals surface area contributed by atoms with Crippen LogP contribution in [0.25, 0.3) is 0 Å². The third-order valence-corrected chi connectivity index (χ3v) is 3.57. The van der Waals surface area contributed by atoms with Gasteiger partial charge in [-0.15, -0.1) is 0 Å². The van der Waals surface area contributed by atoms with E-state index < -0.39 is 5.60 Å². The molecule has 0 aromatic heterocycles. The van der Waals surface area contributed by atoms with Crippen LogP contribution >= 0.6 is 0 Å². The highest BCUT2D eigenvalue weighted by Crippen LogP contribution is 2.17. The fraction of sp³-hybridized carbons (Fsp3) is 0.600. The quantitative estimate of drug-likeness (QED) is 0.817. The number of halogens is 1. The molecule has 0 aliphatic carbocycles. The van der Waals surface area contributed by atoms with Gasteiger partial charge in [-0.3, -0.25) is 9.80 Å². The molecular weight excluding hydrogens is 257 g/mol. The Morgan fingerprint density at radius 3 is 2.40 bits per heavy atom. The van der Waals surface area contributed by atoms with Crippen molar-refractivity contribution in [2.75, 3.05) is 38.5 Å². The van der Waals surface area contributed by atoms with E-state index in [9.17, 15) is 9.50 Å². The van der Waals surface area contributed by atoms with Crippen molar-refractivity contribution >= 4 is 5.69 Å². The van der Waals surface area contributed by atoms with Crippen LogP contribution < -0.4 is 5.73 Å². The molecule has 0 atom stereocenters. The first-order valence-corrected chi connectivity index (χ1v) is 7.04. The Labute approximate surface area is 120 Å². The standard InChI is InChI=1S/C15H24FN3O/c1-15(2,20)11-19-7-5-18(6-8-19)10-12-9-13(16)3-4-14(12)17/h3-4,9,20H,5-8,10-11,17H2,1-2H3. The largest absolute Gasteiger partial charge is 0.398 e. The summed E-state index contributed by atoms with van der Waals surface area (Å²) in [4.78, 5) is 4.53. The highest BCUT2D eigenvalue weighted by molar-refractivity contribution is 5.46. The minimum atomic E-state index is -0.658. The summed E-state index contributed by atoms with van der Waals surface area (Å²) in [5, 5.41) is 9.82. The predicted molar refractivity (Wildman–Crippen MR) is 78.8 cm³/mol. The van der Waals surface area contributed by atoms with Crippen molar-refractivity contribution in [3.05, 3.63) is 29.6 Å². The van der Waals surface area contributed by atoms with Gasteiger partial charge in [0.2, 0.25) is 0 Å². The molecule has 0 radical (unpaired) electrons. The molecule has 1 aliphatic rings. The maximum Gasteiger partial charge on any atom is 0.123 e. The van der Waals surface area contributed by atoms with Gasteiger partial charge in [-0.2, -0.15) is 0 Å². The highest BCUT2D eigenvalue weighted by atomic mass is 19.1. The molecule has 20 heavy (non-hydrogen) atoms. The fourth-order valence-corrected chi connectivity index (χ4v) is 2.60. The Morgan fingerprint density at radius 2 is 1.80 bits per heavy atom. The number of nitrogen functional groups attached to an aromatic ring is 1. The van der Waals surface area contributed by atoms with Gasteiger partial charge in [-0.25, -0.2) is 4.39 Å². The number of anilines is 1. The second kappa shape index (κ2) is 6.08. The number of piperazine rings is 1. The van der Waals surface area contributed by atoms with Crippen molar-refractivity contribution in [1.29, 1.82) is 0 Å². The van der Waals surface area contributed by atoms with Crippen LogP contribution in [0.1, 0.15) is 19.4 Å². The van der Waals surface area contributed by atoms with Crippen molar-refractivity contribution < 1.29 is 9.50 Å². The number of benzene rings is 1. The average Bonchev–Trinajstić information content (AvgIpc) is 2.34. The van der Waals surface area contributed by atoms with Gasteiger partial charge in [-0.05, 0) is 37.6 Å². The zero-order valence-electron chi connectivity index (χ0n) is 12.3. The van der Waals surface area contributed by atoms with E-state index in [4.69, 9.17) is 5.73 Å². The van der Waals surface area contributed by atoms with Crippen molar-refractivity contribution in [3.63, 3.8) is 0 Å². The van der Waals surface area contributed by atoms with E-state index >= 15 is 0 Å². The van der Waals surface area contributed by atoms with Crippen LogP contribution in [-0.2, 0) is 6.54 Å². The van der Waals surface area contributed by atoms with E-state index in [-0.39, 0.29) is 5.82 Å². The second-order valence-electron chi connectivity index (χ2n) is 6.21. The third kappa shape index (κ3) is 4.44. The number of rotatable bonds is 4. The van der Waals surface area contributed by atoms with Gasteiger partial charge >= 0.3 is 0 Å². The number of nitrogens with zero attached hydrogens (tertiary/aromatic N) is 2. The molecule has 2 rings (SSSR count). The summed E-state index contributed by atoms with van der Waals surface area (Å²) in [7, 11) is 0. The second-order valence-corrected chi connectivity index (χ2v) is 6.21. The molecule has 0 bridgehead atoms. The number of hydrogen-bond donors (Lipinski definition) is 2. The molecule has 0 spiro atoms. The van der Waals surface area contributed by atoms with E-state index in [2.05, 4.69) is 9.80 Å². The number of hydrogen-bond acceptors (Lipinski definition) is 4. The minimum Gasteiger partial charge on any atom is -0.398 e. The summed E-state index contributed by atoms with van der Waals surface area (Å²) in [5.41, 5.74) is 6.71. The molecule has 1 aromatic carbocycles. The molecule has 1 saturated heterocycles. The third-order valence-electron chi connectivity index (χ3n) is 3.57. The van der Waals surface area contributed by atoms with Gasteiger partial charge in [0, 0.05) is 45.0 Å². The van der Waals surface area contributed by atoms with E-state index in [1.54, 1.807) is 6.07 Å². The van der Waals surface area contributed by atoms with Crippen molar-refractivity contribution in [2.45, 2.75) is 26.0 Å². The zero-order chi connectivity index (χ0) is 14.8. The zero-order valence-corrected chi connectivity index (χ0v) is 12.3. The van der Waals surface area contributed by atoms with Gasteiger partial charge in [0.25, 0.3) is 0 Å². The topological polar surface area (TPSA) is 52.7 Å². The van der Waals surface area contributed by atoms with Crippen LogP contribution in [0.3, 0.4) is 0 Å². The molecule has 0 amide bonds. The molecule has 5 heteroatoms. The van der Waals surface area contributed by atoms with Crippen molar-refractivity contribution in [1.82, 2.24) is 9.80 Å². The van der Waals surface area contributed by atoms with Gasteiger partial charge < -0.3 is 10.8 Å². The average molecular weight is 281 g/mol. The summed E-state index contributed by atoms with van der Waals surface area (Å²) in [5.74, 6) is -0.241. The lowest BCUT2D eigenvalue weighted by atomic mass is 10.1. The fourth-order valence-electron chi connectivity index (χ4n) is 2.60. The van der Waals surface area contributed by atoms with E-state index in [1.807, 2.05) is 13.8 Å². The first kappa shape index (κ1) is 15.2. The van der Waals surface area contributed by atoms with Gasteiger partial charge in [0.05, 0.1) is 5.60 Å². The number of nitrogens with two attached hydrogens (primary N) is 1. The van der Waals surface area contributed by atoms with Crippen LogP contribution in [-0.4, -0.2) is 53.2 Å². The number of aliphatic hydroxyl groups is 1. The summed E-state index contributed by atoms with van der Waals surface area (Å²) >= 11 is 0. The lowest BCUT2D eigenvalue weighted by molar-refractivity contribution is 0.0167. The monoisotopic (exact) mass is 281 g/mol. The first-order chi connectivity index (χ1) is 9.33. The molecule has 4 nitrogen and oxygen atoms in total. The lowest BCUT2D eigenvalue weighted by Crippen LogP contribution is -2.50. The van der Waals surface area contributed by atoms with E-state index in [0.29, 0.717) is 18.8 Å². The SMILES string of the molecule is CC(C)(O)CN1CCN(Cc2cc(F)ccc2N)CC1. The predicted octanol–water partition coefficient (Wildman–Crippen LogP) is 1.30. The number of β-amino-alcohol motifs (C(OH)–C–C–N with tert-alkyl or cyclic N) is 1. The summed E-state index contributed by atoms with van der Waals surface area (Å²) in [6.07, 6.45) is 0. The van der Waals surface area contributed by atoms with Gasteiger partial charge in [0.1, 0.15) is 5.82 Å². The maximum absolute atomic E-state index is 13.2. The highest BCUT2D eigenvalue weighted by Gasteiger charge is 2.22. The van der Waals surface area contributed by atoms with Crippen LogP contribution in [0, 0.1) is 5.82 Å². The van der Waals surface area contributed by atoms with Crippen molar-refractivity contribution in [2.24, 2.45) is 0 Å². The molecule has 1 aliphatic heterocycles. The Balaban J connectivity index is 1.87. The van der Waals surface area contributed by atoms with Gasteiger partial charge in [-0.1, -0.05) is 0 Å². The maximum atomic E-state index is 13.2. The minimum absolute atomic E-state index is 0.241.